The Labute approximate surface area is 180 Å². The number of aromatic nitrogens is 2. The molecule has 3 aromatic carbocycles. The maximum Gasteiger partial charge on any atom is 0.243 e. The third kappa shape index (κ3) is 4.10. The smallest absolute Gasteiger partial charge is 0.243 e. The Kier molecular flexibility index (Phi) is 5.62. The summed E-state index contributed by atoms with van der Waals surface area (Å²) >= 11 is 0. The predicted molar refractivity (Wildman–Crippen MR) is 115 cm³/mol. The van der Waals surface area contributed by atoms with Crippen LogP contribution in [0.1, 0.15) is 5.89 Å². The van der Waals surface area contributed by atoms with Crippen molar-refractivity contribution in [2.24, 2.45) is 0 Å². The molecule has 1 heterocycles. The van der Waals surface area contributed by atoms with Crippen molar-refractivity contribution < 1.29 is 22.4 Å². The van der Waals surface area contributed by atoms with E-state index in [9.17, 15) is 8.42 Å². The van der Waals surface area contributed by atoms with Gasteiger partial charge in [0.2, 0.25) is 21.7 Å². The van der Waals surface area contributed by atoms with Gasteiger partial charge in [-0.25, -0.2) is 8.42 Å². The molecule has 0 N–H and O–H groups in total. The number of methoxy groups -OCH3 is 2. The van der Waals surface area contributed by atoms with Gasteiger partial charge in [0, 0.05) is 12.6 Å². The zero-order valence-electron chi connectivity index (χ0n) is 17.3. The number of nitrogens with zero attached hydrogens (tertiary/aromatic N) is 3. The van der Waals surface area contributed by atoms with Gasteiger partial charge in [-0.15, -0.1) is 0 Å². The molecule has 0 saturated heterocycles. The molecule has 160 valence electrons. The van der Waals surface area contributed by atoms with E-state index in [1.807, 2.05) is 24.3 Å². The molecule has 9 heteroatoms. The van der Waals surface area contributed by atoms with Crippen molar-refractivity contribution >= 4 is 20.8 Å². The van der Waals surface area contributed by atoms with Crippen LogP contribution in [-0.4, -0.2) is 44.1 Å². The first-order valence-electron chi connectivity index (χ1n) is 9.42. The van der Waals surface area contributed by atoms with Crippen molar-refractivity contribution in [1.29, 1.82) is 0 Å². The number of benzene rings is 3. The van der Waals surface area contributed by atoms with Crippen LogP contribution >= 0.6 is 0 Å². The van der Waals surface area contributed by atoms with Gasteiger partial charge in [-0.2, -0.15) is 9.29 Å². The van der Waals surface area contributed by atoms with E-state index >= 15 is 0 Å². The average Bonchev–Trinajstić information content (AvgIpc) is 3.26. The van der Waals surface area contributed by atoms with Crippen LogP contribution < -0.4 is 9.47 Å². The molecule has 0 spiro atoms. The van der Waals surface area contributed by atoms with E-state index in [1.165, 1.54) is 18.5 Å². The van der Waals surface area contributed by atoms with Crippen molar-refractivity contribution in [3.63, 3.8) is 0 Å². The zero-order valence-corrected chi connectivity index (χ0v) is 18.1. The zero-order chi connectivity index (χ0) is 22.0. The summed E-state index contributed by atoms with van der Waals surface area (Å²) in [5, 5.41) is 5.79. The lowest BCUT2D eigenvalue weighted by molar-refractivity contribution is 0.336. The van der Waals surface area contributed by atoms with Crippen LogP contribution in [0.25, 0.3) is 22.2 Å². The fraction of sp³-hybridized carbons (Fsp3) is 0.182. The molecule has 0 saturated carbocycles. The molecular weight excluding hydrogens is 418 g/mol. The van der Waals surface area contributed by atoms with Gasteiger partial charge in [-0.05, 0) is 41.1 Å². The average molecular weight is 439 g/mol. The number of rotatable bonds is 7. The number of ether oxygens (including phenoxy) is 2. The van der Waals surface area contributed by atoms with Crippen LogP contribution in [0.15, 0.2) is 70.1 Å². The first kappa shape index (κ1) is 20.8. The largest absolute Gasteiger partial charge is 0.493 e. The lowest BCUT2D eigenvalue weighted by Crippen LogP contribution is -2.26. The molecule has 31 heavy (non-hydrogen) atoms. The van der Waals surface area contributed by atoms with Crippen molar-refractivity contribution in [3.05, 3.63) is 66.6 Å². The minimum atomic E-state index is -3.73. The van der Waals surface area contributed by atoms with E-state index in [1.54, 1.807) is 43.5 Å². The summed E-state index contributed by atoms with van der Waals surface area (Å²) in [7, 11) is 0.831. The van der Waals surface area contributed by atoms with Gasteiger partial charge in [0.1, 0.15) is 0 Å². The molecule has 4 aromatic rings. The maximum absolute atomic E-state index is 13.0. The summed E-state index contributed by atoms with van der Waals surface area (Å²) in [6.07, 6.45) is 0. The van der Waals surface area contributed by atoms with Crippen molar-refractivity contribution in [3.8, 4) is 22.9 Å². The highest BCUT2D eigenvalue weighted by atomic mass is 32.2. The molecule has 0 fully saturated rings. The lowest BCUT2D eigenvalue weighted by atomic mass is 10.1. The number of hydrogen-bond acceptors (Lipinski definition) is 7. The molecule has 0 aliphatic heterocycles. The minimum Gasteiger partial charge on any atom is -0.493 e. The Hall–Kier alpha value is -3.43. The van der Waals surface area contributed by atoms with Gasteiger partial charge in [0.25, 0.3) is 0 Å². The molecule has 0 aliphatic carbocycles. The van der Waals surface area contributed by atoms with Gasteiger partial charge in [-0.3, -0.25) is 0 Å². The SMILES string of the molecule is COc1ccc(-c2noc(CN(C)S(=O)(=O)c3ccc4ccccc4c3)n2)cc1OC. The summed E-state index contributed by atoms with van der Waals surface area (Å²) in [4.78, 5) is 4.53. The van der Waals surface area contributed by atoms with E-state index < -0.39 is 10.0 Å². The van der Waals surface area contributed by atoms with E-state index in [0.29, 0.717) is 22.9 Å². The van der Waals surface area contributed by atoms with Gasteiger partial charge in [0.05, 0.1) is 25.7 Å². The monoisotopic (exact) mass is 439 g/mol. The molecule has 0 radical (unpaired) electrons. The highest BCUT2D eigenvalue weighted by Gasteiger charge is 2.24. The number of hydrogen-bond donors (Lipinski definition) is 0. The number of fused-ring (bicyclic) bond motifs is 1. The van der Waals surface area contributed by atoms with Crippen LogP contribution in [-0.2, 0) is 16.6 Å². The molecule has 0 atom stereocenters. The normalized spacial score (nSPS) is 11.7. The topological polar surface area (TPSA) is 94.8 Å². The first-order chi connectivity index (χ1) is 14.9. The maximum atomic E-state index is 13.0. The lowest BCUT2D eigenvalue weighted by Gasteiger charge is -2.15. The van der Waals surface area contributed by atoms with Crippen LogP contribution in [0.3, 0.4) is 0 Å². The van der Waals surface area contributed by atoms with Gasteiger partial charge < -0.3 is 14.0 Å². The van der Waals surface area contributed by atoms with E-state index in [4.69, 9.17) is 14.0 Å². The van der Waals surface area contributed by atoms with Gasteiger partial charge >= 0.3 is 0 Å². The van der Waals surface area contributed by atoms with E-state index in [0.717, 1.165) is 10.8 Å². The second-order valence-electron chi connectivity index (χ2n) is 6.85. The Balaban J connectivity index is 1.56. The molecule has 4 rings (SSSR count). The molecule has 0 aliphatic rings. The highest BCUT2D eigenvalue weighted by molar-refractivity contribution is 7.89. The highest BCUT2D eigenvalue weighted by Crippen LogP contribution is 2.31. The van der Waals surface area contributed by atoms with E-state index in [2.05, 4.69) is 10.1 Å². The Morgan fingerprint density at radius 2 is 1.68 bits per heavy atom. The summed E-state index contributed by atoms with van der Waals surface area (Å²) < 4.78 is 43.0. The molecule has 0 amide bonds. The molecule has 8 nitrogen and oxygen atoms in total. The second-order valence-corrected chi connectivity index (χ2v) is 8.90. The molecular formula is C22H21N3O5S. The molecule has 0 unspecified atom stereocenters. The second kappa shape index (κ2) is 8.37. The minimum absolute atomic E-state index is 0.0601. The summed E-state index contributed by atoms with van der Waals surface area (Å²) in [6, 6.07) is 17.9. The fourth-order valence-electron chi connectivity index (χ4n) is 3.19. The van der Waals surface area contributed by atoms with E-state index in [-0.39, 0.29) is 17.3 Å². The predicted octanol–water partition coefficient (Wildman–Crippen LogP) is 3.73. The van der Waals surface area contributed by atoms with Crippen molar-refractivity contribution in [1.82, 2.24) is 14.4 Å². The van der Waals surface area contributed by atoms with Gasteiger partial charge in [0.15, 0.2) is 11.5 Å². The van der Waals surface area contributed by atoms with Gasteiger partial charge in [-0.1, -0.05) is 35.5 Å². The van der Waals surface area contributed by atoms with Crippen molar-refractivity contribution in [2.45, 2.75) is 11.4 Å². The van der Waals surface area contributed by atoms with Crippen LogP contribution in [0.4, 0.5) is 0 Å². The Bertz CT molecular complexity index is 1330. The summed E-state index contributed by atoms with van der Waals surface area (Å²) in [6.45, 7) is -0.0601. The standard InChI is InChI=1S/C22H21N3O5S/c1-25(31(26,27)18-10-8-15-6-4-5-7-16(15)12-18)14-21-23-22(24-30-21)17-9-11-19(28-2)20(13-17)29-3/h4-13H,14H2,1-3H3. The van der Waals surface area contributed by atoms with Crippen molar-refractivity contribution in [2.75, 3.05) is 21.3 Å². The third-order valence-electron chi connectivity index (χ3n) is 4.90. The van der Waals surface area contributed by atoms with Crippen LogP contribution in [0.2, 0.25) is 0 Å². The molecule has 1 aromatic heterocycles. The molecule has 0 bridgehead atoms. The Morgan fingerprint density at radius 3 is 2.42 bits per heavy atom. The summed E-state index contributed by atoms with van der Waals surface area (Å²) in [5.74, 6) is 1.61. The van der Waals surface area contributed by atoms with Crippen LogP contribution in [0, 0.1) is 0 Å². The third-order valence-corrected chi connectivity index (χ3v) is 6.70. The summed E-state index contributed by atoms with van der Waals surface area (Å²) in [5.41, 5.74) is 0.660. The Morgan fingerprint density at radius 1 is 0.935 bits per heavy atom. The first-order valence-corrected chi connectivity index (χ1v) is 10.9. The quantitative estimate of drug-likeness (QED) is 0.433. The van der Waals surface area contributed by atoms with Crippen LogP contribution in [0.5, 0.6) is 11.5 Å². The number of sulfonamides is 1. The fourth-order valence-corrected chi connectivity index (χ4v) is 4.35.